The average molecular weight is 320 g/mol. The number of carbonyl (C=O) groups excluding carboxylic acids is 1. The minimum absolute atomic E-state index is 0.115. The van der Waals surface area contributed by atoms with Crippen LogP contribution in [0.25, 0.3) is 9.88 Å². The fourth-order valence-electron chi connectivity index (χ4n) is 1.78. The van der Waals surface area contributed by atoms with Crippen LogP contribution < -0.4 is 5.32 Å². The van der Waals surface area contributed by atoms with E-state index >= 15 is 0 Å². The summed E-state index contributed by atoms with van der Waals surface area (Å²) in [6, 6.07) is 3.72. The van der Waals surface area contributed by atoms with Crippen LogP contribution >= 0.6 is 22.7 Å². The number of nitrogens with zero attached hydrogens (tertiary/aromatic N) is 4. The Labute approximate surface area is 128 Å². The zero-order chi connectivity index (χ0) is 14.7. The van der Waals surface area contributed by atoms with Gasteiger partial charge in [0.1, 0.15) is 5.01 Å². The second kappa shape index (κ2) is 6.10. The third-order valence-electron chi connectivity index (χ3n) is 2.75. The molecule has 0 fully saturated rings. The molecule has 0 aliphatic rings. The lowest BCUT2D eigenvalue weighted by Crippen LogP contribution is -2.28. The van der Waals surface area contributed by atoms with Crippen molar-refractivity contribution >= 4 is 28.6 Å². The molecule has 3 heterocycles. The summed E-state index contributed by atoms with van der Waals surface area (Å²) in [4.78, 5) is 17.6. The monoisotopic (exact) mass is 320 g/mol. The van der Waals surface area contributed by atoms with Gasteiger partial charge in [-0.05, 0) is 18.4 Å². The summed E-state index contributed by atoms with van der Waals surface area (Å²) in [5, 5.41) is 21.2. The van der Waals surface area contributed by atoms with Crippen LogP contribution in [-0.4, -0.2) is 31.5 Å². The molecule has 9 heteroatoms. The maximum Gasteiger partial charge on any atom is 0.226 e. The highest BCUT2D eigenvalue weighted by atomic mass is 32.1. The topological polar surface area (TPSA) is 96.5 Å². The quantitative estimate of drug-likeness (QED) is 0.747. The van der Waals surface area contributed by atoms with Crippen molar-refractivity contribution in [2.24, 2.45) is 0 Å². The van der Waals surface area contributed by atoms with Crippen molar-refractivity contribution in [3.63, 3.8) is 0 Å². The SMILES string of the molecule is CC(NC(=O)Cc1csc(-c2cccs2)n1)c1nn[nH]n1. The number of thiophene rings is 1. The molecule has 1 amide bonds. The molecule has 0 spiro atoms. The van der Waals surface area contributed by atoms with Crippen LogP contribution in [0.4, 0.5) is 0 Å². The molecule has 0 aromatic carbocycles. The highest BCUT2D eigenvalue weighted by molar-refractivity contribution is 7.20. The molecule has 0 saturated heterocycles. The molecule has 0 aliphatic carbocycles. The summed E-state index contributed by atoms with van der Waals surface area (Å²) in [5.41, 5.74) is 0.765. The Morgan fingerprint density at radius 3 is 3.10 bits per heavy atom. The Hall–Kier alpha value is -2.13. The molecule has 1 unspecified atom stereocenters. The molecule has 0 bridgehead atoms. The molecular weight excluding hydrogens is 308 g/mol. The minimum atomic E-state index is -0.286. The maximum atomic E-state index is 12.0. The fraction of sp³-hybridized carbons (Fsp3) is 0.250. The standard InChI is InChI=1S/C12H12N6OS2/c1-7(11-15-17-18-16-11)13-10(19)5-8-6-21-12(14-8)9-3-2-4-20-9/h2-4,6-7H,5H2,1H3,(H,13,19)(H,15,16,17,18). The molecule has 0 radical (unpaired) electrons. The third kappa shape index (κ3) is 3.31. The Bertz CT molecular complexity index is 706. The van der Waals surface area contributed by atoms with Crippen molar-refractivity contribution in [1.29, 1.82) is 0 Å². The number of aromatic amines is 1. The highest BCUT2D eigenvalue weighted by Crippen LogP contribution is 2.27. The van der Waals surface area contributed by atoms with E-state index in [0.717, 1.165) is 15.6 Å². The lowest BCUT2D eigenvalue weighted by atomic mass is 10.2. The van der Waals surface area contributed by atoms with Gasteiger partial charge in [-0.1, -0.05) is 11.3 Å². The van der Waals surface area contributed by atoms with Crippen LogP contribution in [0.15, 0.2) is 22.9 Å². The lowest BCUT2D eigenvalue weighted by molar-refractivity contribution is -0.121. The summed E-state index contributed by atoms with van der Waals surface area (Å²) >= 11 is 3.18. The van der Waals surface area contributed by atoms with E-state index in [4.69, 9.17) is 0 Å². The van der Waals surface area contributed by atoms with E-state index < -0.39 is 0 Å². The molecule has 3 aromatic heterocycles. The smallest absolute Gasteiger partial charge is 0.226 e. The number of amides is 1. The molecule has 0 aliphatic heterocycles. The lowest BCUT2D eigenvalue weighted by Gasteiger charge is -2.08. The van der Waals surface area contributed by atoms with Crippen molar-refractivity contribution in [1.82, 2.24) is 30.9 Å². The first-order chi connectivity index (χ1) is 10.2. The van der Waals surface area contributed by atoms with Crippen molar-refractivity contribution in [2.75, 3.05) is 0 Å². The van der Waals surface area contributed by atoms with Gasteiger partial charge in [-0.3, -0.25) is 4.79 Å². The Morgan fingerprint density at radius 2 is 2.38 bits per heavy atom. The van der Waals surface area contributed by atoms with Crippen molar-refractivity contribution in [3.05, 3.63) is 34.4 Å². The van der Waals surface area contributed by atoms with Crippen LogP contribution in [-0.2, 0) is 11.2 Å². The van der Waals surface area contributed by atoms with E-state index in [1.807, 2.05) is 22.9 Å². The van der Waals surface area contributed by atoms with Crippen LogP contribution in [0.1, 0.15) is 24.5 Å². The molecule has 0 saturated carbocycles. The first-order valence-corrected chi connectivity index (χ1v) is 7.99. The largest absolute Gasteiger partial charge is 0.346 e. The number of H-pyrrole nitrogens is 1. The Balaban J connectivity index is 1.60. The zero-order valence-corrected chi connectivity index (χ0v) is 12.7. The predicted molar refractivity (Wildman–Crippen MR) is 79.9 cm³/mol. The van der Waals surface area contributed by atoms with Crippen molar-refractivity contribution in [3.8, 4) is 9.88 Å². The van der Waals surface area contributed by atoms with E-state index in [-0.39, 0.29) is 18.4 Å². The number of hydrogen-bond acceptors (Lipinski definition) is 7. The molecule has 1 atom stereocenters. The number of carbonyl (C=O) groups is 1. The molecule has 108 valence electrons. The van der Waals surface area contributed by atoms with Crippen LogP contribution in [0, 0.1) is 0 Å². The second-order valence-electron chi connectivity index (χ2n) is 4.36. The van der Waals surface area contributed by atoms with Gasteiger partial charge in [0.15, 0.2) is 5.82 Å². The average Bonchev–Trinajstić information content (AvgIpc) is 3.21. The van der Waals surface area contributed by atoms with Gasteiger partial charge in [-0.15, -0.1) is 32.9 Å². The second-order valence-corrected chi connectivity index (χ2v) is 6.16. The first kappa shape index (κ1) is 13.8. The first-order valence-electron chi connectivity index (χ1n) is 6.23. The van der Waals surface area contributed by atoms with Gasteiger partial charge < -0.3 is 5.32 Å². The summed E-state index contributed by atoms with van der Waals surface area (Å²) in [6.07, 6.45) is 0.240. The Morgan fingerprint density at radius 1 is 1.48 bits per heavy atom. The number of rotatable bonds is 5. The van der Waals surface area contributed by atoms with Gasteiger partial charge >= 0.3 is 0 Å². The van der Waals surface area contributed by atoms with E-state index in [1.54, 1.807) is 29.6 Å². The Kier molecular flexibility index (Phi) is 4.02. The molecule has 3 rings (SSSR count). The van der Waals surface area contributed by atoms with Crippen LogP contribution in [0.3, 0.4) is 0 Å². The summed E-state index contributed by atoms with van der Waals surface area (Å²) < 4.78 is 0. The zero-order valence-electron chi connectivity index (χ0n) is 11.1. The van der Waals surface area contributed by atoms with Crippen molar-refractivity contribution < 1.29 is 4.79 Å². The van der Waals surface area contributed by atoms with Gasteiger partial charge in [-0.25, -0.2) is 4.98 Å². The highest BCUT2D eigenvalue weighted by Gasteiger charge is 2.15. The number of thiazole rings is 1. The number of hydrogen-bond donors (Lipinski definition) is 2. The molecule has 21 heavy (non-hydrogen) atoms. The van der Waals surface area contributed by atoms with Gasteiger partial charge in [0, 0.05) is 5.38 Å². The predicted octanol–water partition coefficient (Wildman–Crippen LogP) is 1.80. The fourth-order valence-corrected chi connectivity index (χ4v) is 3.41. The number of nitrogens with one attached hydrogen (secondary N) is 2. The van der Waals surface area contributed by atoms with Gasteiger partial charge in [0.05, 0.1) is 23.0 Å². The molecule has 7 nitrogen and oxygen atoms in total. The van der Waals surface area contributed by atoms with Gasteiger partial charge in [-0.2, -0.15) is 5.21 Å². The van der Waals surface area contributed by atoms with E-state index in [0.29, 0.717) is 5.82 Å². The maximum absolute atomic E-state index is 12.0. The summed E-state index contributed by atoms with van der Waals surface area (Å²) in [6.45, 7) is 1.81. The number of aromatic nitrogens is 5. The van der Waals surface area contributed by atoms with E-state index in [2.05, 4.69) is 30.9 Å². The van der Waals surface area contributed by atoms with E-state index in [9.17, 15) is 4.79 Å². The van der Waals surface area contributed by atoms with Gasteiger partial charge in [0.25, 0.3) is 0 Å². The normalized spacial score (nSPS) is 12.2. The van der Waals surface area contributed by atoms with Gasteiger partial charge in [0.2, 0.25) is 5.91 Å². The summed E-state index contributed by atoms with van der Waals surface area (Å²) in [7, 11) is 0. The molecule has 3 aromatic rings. The van der Waals surface area contributed by atoms with Crippen molar-refractivity contribution in [2.45, 2.75) is 19.4 Å². The third-order valence-corrected chi connectivity index (χ3v) is 4.68. The number of tetrazole rings is 1. The molecular formula is C12H12N6OS2. The summed E-state index contributed by atoms with van der Waals surface area (Å²) in [5.74, 6) is 0.344. The molecule has 2 N–H and O–H groups in total. The van der Waals surface area contributed by atoms with Crippen LogP contribution in [0.5, 0.6) is 0 Å². The van der Waals surface area contributed by atoms with Crippen LogP contribution in [0.2, 0.25) is 0 Å². The van der Waals surface area contributed by atoms with E-state index in [1.165, 1.54) is 0 Å². The minimum Gasteiger partial charge on any atom is -0.346 e.